The summed E-state index contributed by atoms with van der Waals surface area (Å²) in [6.07, 6.45) is 4.74. The highest BCUT2D eigenvalue weighted by Gasteiger charge is 2.52. The molecule has 4 nitrogen and oxygen atoms in total. The van der Waals surface area contributed by atoms with Crippen LogP contribution in [0.5, 0.6) is 0 Å². The number of carbonyl (C=O) groups excluding carboxylic acids is 1. The molecule has 1 spiro atoms. The molecule has 1 fully saturated rings. The van der Waals surface area contributed by atoms with Gasteiger partial charge in [0.2, 0.25) is 5.91 Å². The molecule has 4 heteroatoms. The molecule has 2 aliphatic rings. The predicted molar refractivity (Wildman–Crippen MR) is 70.7 cm³/mol. The first-order valence-corrected chi connectivity index (χ1v) is 6.78. The lowest BCUT2D eigenvalue weighted by molar-refractivity contribution is -0.123. The van der Waals surface area contributed by atoms with Crippen molar-refractivity contribution in [3.05, 3.63) is 24.0 Å². The van der Waals surface area contributed by atoms with E-state index in [-0.39, 0.29) is 5.91 Å². The van der Waals surface area contributed by atoms with E-state index >= 15 is 0 Å². The first-order chi connectivity index (χ1) is 8.79. The van der Waals surface area contributed by atoms with Gasteiger partial charge in [-0.1, -0.05) is 6.92 Å². The molecule has 1 atom stereocenters. The van der Waals surface area contributed by atoms with Crippen LogP contribution in [0.2, 0.25) is 0 Å². The van der Waals surface area contributed by atoms with E-state index in [0.717, 1.165) is 50.3 Å². The Morgan fingerprint density at radius 1 is 1.56 bits per heavy atom. The minimum atomic E-state index is -0.399. The average molecular weight is 245 g/mol. The van der Waals surface area contributed by atoms with E-state index in [9.17, 15) is 4.79 Å². The number of piperidine rings is 1. The monoisotopic (exact) mass is 245 g/mol. The number of nitrogens with zero attached hydrogens (tertiary/aromatic N) is 2. The van der Waals surface area contributed by atoms with E-state index in [1.807, 2.05) is 17.0 Å². The molecule has 3 rings (SSSR count). The summed E-state index contributed by atoms with van der Waals surface area (Å²) in [4.78, 5) is 19.2. The number of amides is 1. The number of pyridine rings is 1. The SMILES string of the molecule is CCCN1C(=O)C2(CCCNC2)c2ncccc21. The van der Waals surface area contributed by atoms with Gasteiger partial charge in [0.15, 0.2) is 0 Å². The van der Waals surface area contributed by atoms with E-state index in [1.54, 1.807) is 6.20 Å². The molecule has 0 saturated carbocycles. The van der Waals surface area contributed by atoms with Crippen LogP contribution in [0, 0.1) is 0 Å². The molecule has 0 aliphatic carbocycles. The van der Waals surface area contributed by atoms with Crippen molar-refractivity contribution in [1.29, 1.82) is 0 Å². The number of anilines is 1. The Morgan fingerprint density at radius 3 is 3.17 bits per heavy atom. The molecule has 1 saturated heterocycles. The third kappa shape index (κ3) is 1.48. The molecule has 1 unspecified atom stereocenters. The fourth-order valence-corrected chi connectivity index (χ4v) is 3.19. The lowest BCUT2D eigenvalue weighted by Crippen LogP contribution is -2.50. The van der Waals surface area contributed by atoms with Gasteiger partial charge in [-0.15, -0.1) is 0 Å². The molecule has 96 valence electrons. The van der Waals surface area contributed by atoms with Crippen LogP contribution in [0.3, 0.4) is 0 Å². The van der Waals surface area contributed by atoms with Crippen molar-refractivity contribution >= 4 is 11.6 Å². The molecule has 0 bridgehead atoms. The van der Waals surface area contributed by atoms with Crippen LogP contribution >= 0.6 is 0 Å². The predicted octanol–water partition coefficient (Wildman–Crippen LogP) is 1.46. The Hall–Kier alpha value is -1.42. The summed E-state index contributed by atoms with van der Waals surface area (Å²) in [6, 6.07) is 3.95. The summed E-state index contributed by atoms with van der Waals surface area (Å²) < 4.78 is 0. The summed E-state index contributed by atoms with van der Waals surface area (Å²) in [6.45, 7) is 4.63. The summed E-state index contributed by atoms with van der Waals surface area (Å²) >= 11 is 0. The van der Waals surface area contributed by atoms with Gasteiger partial charge in [-0.2, -0.15) is 0 Å². The number of carbonyl (C=O) groups is 1. The maximum atomic E-state index is 12.8. The molecule has 2 aliphatic heterocycles. The molecule has 1 aromatic heterocycles. The van der Waals surface area contributed by atoms with Crippen LogP contribution in [0.25, 0.3) is 0 Å². The van der Waals surface area contributed by atoms with Gasteiger partial charge in [0, 0.05) is 19.3 Å². The minimum absolute atomic E-state index is 0.241. The summed E-state index contributed by atoms with van der Waals surface area (Å²) in [5.41, 5.74) is 1.60. The number of nitrogens with one attached hydrogen (secondary N) is 1. The third-order valence-corrected chi connectivity index (χ3v) is 4.02. The largest absolute Gasteiger partial charge is 0.315 e. The minimum Gasteiger partial charge on any atom is -0.315 e. The standard InChI is InChI=1S/C14H19N3O/c1-2-9-17-11-5-3-8-16-12(11)14(13(17)18)6-4-7-15-10-14/h3,5,8,15H,2,4,6-7,9-10H2,1H3. The number of fused-ring (bicyclic) bond motifs is 2. The van der Waals surface area contributed by atoms with E-state index in [1.165, 1.54) is 0 Å². The van der Waals surface area contributed by atoms with Crippen LogP contribution in [-0.2, 0) is 10.2 Å². The molecule has 1 aromatic rings. The Kier molecular flexibility index (Phi) is 2.82. The van der Waals surface area contributed by atoms with Crippen molar-refractivity contribution in [1.82, 2.24) is 10.3 Å². The first-order valence-electron chi connectivity index (χ1n) is 6.78. The van der Waals surface area contributed by atoms with E-state index < -0.39 is 5.41 Å². The molecular weight excluding hydrogens is 226 g/mol. The molecule has 1 amide bonds. The van der Waals surface area contributed by atoms with Crippen molar-refractivity contribution in [2.75, 3.05) is 24.5 Å². The van der Waals surface area contributed by atoms with Crippen LogP contribution in [-0.4, -0.2) is 30.5 Å². The zero-order valence-corrected chi connectivity index (χ0v) is 10.8. The maximum Gasteiger partial charge on any atom is 0.240 e. The number of hydrogen-bond acceptors (Lipinski definition) is 3. The fraction of sp³-hybridized carbons (Fsp3) is 0.571. The van der Waals surface area contributed by atoms with Crippen molar-refractivity contribution in [2.45, 2.75) is 31.6 Å². The highest BCUT2D eigenvalue weighted by atomic mass is 16.2. The van der Waals surface area contributed by atoms with Gasteiger partial charge in [0.05, 0.1) is 11.4 Å². The quantitative estimate of drug-likeness (QED) is 0.858. The van der Waals surface area contributed by atoms with Crippen molar-refractivity contribution in [3.8, 4) is 0 Å². The van der Waals surface area contributed by atoms with E-state index in [0.29, 0.717) is 0 Å². The molecule has 1 N–H and O–H groups in total. The van der Waals surface area contributed by atoms with Crippen LogP contribution in [0.1, 0.15) is 31.9 Å². The zero-order chi connectivity index (χ0) is 12.6. The van der Waals surface area contributed by atoms with Gasteiger partial charge in [0.25, 0.3) is 0 Å². The smallest absolute Gasteiger partial charge is 0.240 e. The summed E-state index contributed by atoms with van der Waals surface area (Å²) in [5, 5.41) is 3.36. The van der Waals surface area contributed by atoms with Gasteiger partial charge in [-0.25, -0.2) is 0 Å². The average Bonchev–Trinajstić information content (AvgIpc) is 2.64. The lowest BCUT2D eigenvalue weighted by Gasteiger charge is -2.32. The normalized spacial score (nSPS) is 26.7. The van der Waals surface area contributed by atoms with Gasteiger partial charge in [0.1, 0.15) is 5.41 Å². The second-order valence-corrected chi connectivity index (χ2v) is 5.19. The van der Waals surface area contributed by atoms with Gasteiger partial charge in [-0.3, -0.25) is 9.78 Å². The van der Waals surface area contributed by atoms with E-state index in [2.05, 4.69) is 17.2 Å². The number of hydrogen-bond donors (Lipinski definition) is 1. The highest BCUT2D eigenvalue weighted by molar-refractivity contribution is 6.07. The van der Waals surface area contributed by atoms with E-state index in [4.69, 9.17) is 0 Å². The third-order valence-electron chi connectivity index (χ3n) is 4.02. The summed E-state index contributed by atoms with van der Waals surface area (Å²) in [5.74, 6) is 0.241. The Labute approximate surface area is 107 Å². The van der Waals surface area contributed by atoms with Crippen LogP contribution in [0.4, 0.5) is 5.69 Å². The lowest BCUT2D eigenvalue weighted by atomic mass is 9.78. The zero-order valence-electron chi connectivity index (χ0n) is 10.8. The Balaban J connectivity index is 2.08. The molecule has 3 heterocycles. The number of aromatic nitrogens is 1. The molecule has 0 aromatic carbocycles. The fourth-order valence-electron chi connectivity index (χ4n) is 3.19. The van der Waals surface area contributed by atoms with Gasteiger partial charge < -0.3 is 10.2 Å². The Bertz CT molecular complexity index is 466. The van der Waals surface area contributed by atoms with Crippen LogP contribution in [0.15, 0.2) is 18.3 Å². The topological polar surface area (TPSA) is 45.2 Å². The second kappa shape index (κ2) is 4.35. The second-order valence-electron chi connectivity index (χ2n) is 5.19. The van der Waals surface area contributed by atoms with Crippen LogP contribution < -0.4 is 10.2 Å². The Morgan fingerprint density at radius 2 is 2.44 bits per heavy atom. The van der Waals surface area contributed by atoms with Gasteiger partial charge in [-0.05, 0) is 37.9 Å². The van der Waals surface area contributed by atoms with Crippen molar-refractivity contribution in [2.24, 2.45) is 0 Å². The van der Waals surface area contributed by atoms with Crippen molar-refractivity contribution < 1.29 is 4.79 Å². The summed E-state index contributed by atoms with van der Waals surface area (Å²) in [7, 11) is 0. The molecule has 18 heavy (non-hydrogen) atoms. The first kappa shape index (κ1) is 11.7. The highest BCUT2D eigenvalue weighted by Crippen LogP contribution is 2.43. The van der Waals surface area contributed by atoms with Gasteiger partial charge >= 0.3 is 0 Å². The van der Waals surface area contributed by atoms with Crippen molar-refractivity contribution in [3.63, 3.8) is 0 Å². The number of rotatable bonds is 2. The maximum absolute atomic E-state index is 12.8. The molecule has 0 radical (unpaired) electrons. The molecular formula is C14H19N3O.